The molecule has 0 bridgehead atoms. The molecule has 1 aromatic carbocycles. The van der Waals surface area contributed by atoms with Crippen LogP contribution in [0.4, 0.5) is 0 Å². The molecule has 0 saturated heterocycles. The van der Waals surface area contributed by atoms with Gasteiger partial charge in [0.1, 0.15) is 5.76 Å². The Labute approximate surface area is 138 Å². The second-order valence-corrected chi connectivity index (χ2v) is 6.21. The van der Waals surface area contributed by atoms with E-state index in [4.69, 9.17) is 50.8 Å². The molecule has 20 heavy (non-hydrogen) atoms. The van der Waals surface area contributed by atoms with Gasteiger partial charge in [0.2, 0.25) is 0 Å². The third-order valence-electron chi connectivity index (χ3n) is 2.80. The Kier molecular flexibility index (Phi) is 5.27. The van der Waals surface area contributed by atoms with Crippen molar-refractivity contribution < 1.29 is 4.42 Å². The summed E-state index contributed by atoms with van der Waals surface area (Å²) in [4.78, 5) is 0. The van der Waals surface area contributed by atoms with Crippen LogP contribution in [0.5, 0.6) is 0 Å². The fourth-order valence-corrected chi connectivity index (χ4v) is 2.93. The molecule has 1 aromatic heterocycles. The van der Waals surface area contributed by atoms with Gasteiger partial charge in [-0.05, 0) is 12.1 Å². The number of hydrogen-bond acceptors (Lipinski definition) is 2. The summed E-state index contributed by atoms with van der Waals surface area (Å²) in [5.41, 5.74) is 1.45. The van der Waals surface area contributed by atoms with E-state index in [0.717, 1.165) is 11.3 Å². The molecule has 2 aromatic rings. The highest BCUT2D eigenvalue weighted by molar-refractivity contribution is 6.51. The van der Waals surface area contributed by atoms with E-state index in [1.165, 1.54) is 0 Å². The third-order valence-corrected chi connectivity index (χ3v) is 4.36. The van der Waals surface area contributed by atoms with Crippen LogP contribution in [0.15, 0.2) is 22.8 Å². The van der Waals surface area contributed by atoms with Crippen LogP contribution in [-0.4, -0.2) is 6.04 Å². The minimum absolute atomic E-state index is 0.289. The fraction of sp³-hybridized carbons (Fsp3) is 0.286. The number of rotatable bonds is 4. The standard InChI is InChI=1S/C14H13Cl4NO/c1-7(2)19-6-11-8(3-4-20-11)12-9(15)5-10(16)13(17)14(12)18/h3-5,7,19H,6H2,1-2H3. The fourth-order valence-electron chi connectivity index (χ4n) is 1.81. The van der Waals surface area contributed by atoms with Gasteiger partial charge in [0.25, 0.3) is 0 Å². The molecule has 0 atom stereocenters. The maximum absolute atomic E-state index is 6.27. The molecule has 0 aliphatic carbocycles. The average molecular weight is 353 g/mol. The minimum Gasteiger partial charge on any atom is -0.467 e. The van der Waals surface area contributed by atoms with E-state index in [9.17, 15) is 0 Å². The van der Waals surface area contributed by atoms with Gasteiger partial charge in [0.15, 0.2) is 0 Å². The first-order valence-corrected chi connectivity index (χ1v) is 7.56. The van der Waals surface area contributed by atoms with Crippen molar-refractivity contribution in [3.63, 3.8) is 0 Å². The normalized spacial score (nSPS) is 11.3. The monoisotopic (exact) mass is 351 g/mol. The van der Waals surface area contributed by atoms with Gasteiger partial charge in [-0.25, -0.2) is 0 Å². The van der Waals surface area contributed by atoms with E-state index in [2.05, 4.69) is 19.2 Å². The molecule has 2 nitrogen and oxygen atoms in total. The smallest absolute Gasteiger partial charge is 0.125 e. The molecule has 1 N–H and O–H groups in total. The zero-order chi connectivity index (χ0) is 14.9. The number of hydrogen-bond donors (Lipinski definition) is 1. The largest absolute Gasteiger partial charge is 0.467 e. The lowest BCUT2D eigenvalue weighted by molar-refractivity contribution is 0.466. The van der Waals surface area contributed by atoms with Gasteiger partial charge in [0, 0.05) is 17.2 Å². The van der Waals surface area contributed by atoms with E-state index in [1.54, 1.807) is 12.3 Å². The highest BCUT2D eigenvalue weighted by Crippen LogP contribution is 2.44. The van der Waals surface area contributed by atoms with Crippen LogP contribution in [0.1, 0.15) is 19.6 Å². The van der Waals surface area contributed by atoms with Crippen LogP contribution in [-0.2, 0) is 6.54 Å². The van der Waals surface area contributed by atoms with Crippen molar-refractivity contribution in [1.29, 1.82) is 0 Å². The Morgan fingerprint density at radius 3 is 2.45 bits per heavy atom. The summed E-state index contributed by atoms with van der Waals surface area (Å²) in [7, 11) is 0. The Balaban J connectivity index is 2.48. The number of nitrogens with one attached hydrogen (secondary N) is 1. The average Bonchev–Trinajstić information content (AvgIpc) is 2.82. The lowest BCUT2D eigenvalue weighted by Gasteiger charge is -2.12. The number of benzene rings is 1. The molecule has 0 aliphatic rings. The number of halogens is 4. The van der Waals surface area contributed by atoms with Crippen molar-refractivity contribution in [2.75, 3.05) is 0 Å². The molecule has 0 fully saturated rings. The van der Waals surface area contributed by atoms with Crippen LogP contribution < -0.4 is 5.32 Å². The van der Waals surface area contributed by atoms with Gasteiger partial charge in [-0.1, -0.05) is 60.3 Å². The second kappa shape index (κ2) is 6.59. The first-order valence-electron chi connectivity index (χ1n) is 6.05. The topological polar surface area (TPSA) is 25.2 Å². The Morgan fingerprint density at radius 2 is 1.80 bits per heavy atom. The number of furan rings is 1. The Hall–Kier alpha value is -0.380. The van der Waals surface area contributed by atoms with E-state index in [0.29, 0.717) is 33.2 Å². The predicted octanol–water partition coefficient (Wildman–Crippen LogP) is 6.06. The second-order valence-electron chi connectivity index (χ2n) is 4.64. The summed E-state index contributed by atoms with van der Waals surface area (Å²) in [6.45, 7) is 4.69. The predicted molar refractivity (Wildman–Crippen MR) is 86.2 cm³/mol. The van der Waals surface area contributed by atoms with Gasteiger partial charge in [-0.3, -0.25) is 0 Å². The summed E-state index contributed by atoms with van der Waals surface area (Å²) in [6.07, 6.45) is 1.60. The zero-order valence-corrected chi connectivity index (χ0v) is 14.0. The molecule has 0 saturated carbocycles. The van der Waals surface area contributed by atoms with Crippen molar-refractivity contribution in [2.45, 2.75) is 26.4 Å². The van der Waals surface area contributed by atoms with Gasteiger partial charge in [-0.15, -0.1) is 0 Å². The molecule has 0 radical (unpaired) electrons. The van der Waals surface area contributed by atoms with Crippen molar-refractivity contribution in [3.05, 3.63) is 44.2 Å². The van der Waals surface area contributed by atoms with Crippen molar-refractivity contribution >= 4 is 46.4 Å². The van der Waals surface area contributed by atoms with Crippen LogP contribution in [0, 0.1) is 0 Å². The van der Waals surface area contributed by atoms with Gasteiger partial charge in [-0.2, -0.15) is 0 Å². The van der Waals surface area contributed by atoms with E-state index >= 15 is 0 Å². The molecule has 0 unspecified atom stereocenters. The summed E-state index contributed by atoms with van der Waals surface area (Å²) < 4.78 is 5.49. The first-order chi connectivity index (χ1) is 9.41. The van der Waals surface area contributed by atoms with Crippen LogP contribution >= 0.6 is 46.4 Å². The molecule has 2 rings (SSSR count). The summed E-state index contributed by atoms with van der Waals surface area (Å²) in [5, 5.41) is 4.67. The minimum atomic E-state index is 0.289. The van der Waals surface area contributed by atoms with E-state index in [1.807, 2.05) is 6.07 Å². The highest BCUT2D eigenvalue weighted by Gasteiger charge is 2.19. The van der Waals surface area contributed by atoms with Gasteiger partial charge in [0.05, 0.1) is 32.9 Å². The van der Waals surface area contributed by atoms with Crippen LogP contribution in [0.25, 0.3) is 11.1 Å². The van der Waals surface area contributed by atoms with Crippen molar-refractivity contribution in [2.24, 2.45) is 0 Å². The van der Waals surface area contributed by atoms with Gasteiger partial charge >= 0.3 is 0 Å². The summed E-state index contributed by atoms with van der Waals surface area (Å²) >= 11 is 24.6. The summed E-state index contributed by atoms with van der Waals surface area (Å²) in [6, 6.07) is 3.74. The van der Waals surface area contributed by atoms with Crippen molar-refractivity contribution in [1.82, 2.24) is 5.32 Å². The molecule has 0 spiro atoms. The highest BCUT2D eigenvalue weighted by atomic mass is 35.5. The van der Waals surface area contributed by atoms with Gasteiger partial charge < -0.3 is 9.73 Å². The van der Waals surface area contributed by atoms with Crippen LogP contribution in [0.2, 0.25) is 20.1 Å². The molecule has 1 heterocycles. The van der Waals surface area contributed by atoms with Crippen molar-refractivity contribution in [3.8, 4) is 11.1 Å². The molecular weight excluding hydrogens is 340 g/mol. The molecule has 108 valence electrons. The third kappa shape index (κ3) is 3.26. The lowest BCUT2D eigenvalue weighted by atomic mass is 10.1. The summed E-state index contributed by atoms with van der Waals surface area (Å²) in [5.74, 6) is 0.751. The maximum Gasteiger partial charge on any atom is 0.125 e. The molecule has 6 heteroatoms. The Bertz CT molecular complexity index is 622. The maximum atomic E-state index is 6.27. The SMILES string of the molecule is CC(C)NCc1occc1-c1c(Cl)cc(Cl)c(Cl)c1Cl. The molecule has 0 amide bonds. The molecular formula is C14H13Cl4NO. The van der Waals surface area contributed by atoms with E-state index < -0.39 is 0 Å². The molecule has 0 aliphatic heterocycles. The quantitative estimate of drug-likeness (QED) is 0.534. The first kappa shape index (κ1) is 16.0. The Morgan fingerprint density at radius 1 is 1.10 bits per heavy atom. The van der Waals surface area contributed by atoms with Crippen LogP contribution in [0.3, 0.4) is 0 Å². The van der Waals surface area contributed by atoms with E-state index in [-0.39, 0.29) is 5.02 Å². The zero-order valence-electron chi connectivity index (χ0n) is 10.9. The lowest BCUT2D eigenvalue weighted by Crippen LogP contribution is -2.21.